The minimum Gasteiger partial charge on any atom is -0.490 e. The lowest BCUT2D eigenvalue weighted by molar-refractivity contribution is -0.118. The summed E-state index contributed by atoms with van der Waals surface area (Å²) in [5.41, 5.74) is 8.72. The fourth-order valence-corrected chi connectivity index (χ4v) is 4.23. The van der Waals surface area contributed by atoms with Crippen molar-refractivity contribution in [2.75, 3.05) is 0 Å². The Balaban J connectivity index is 1.76. The molecule has 8 heteroatoms. The minimum atomic E-state index is -0.411. The molecule has 2 N–H and O–H groups in total. The molecule has 192 valence electrons. The van der Waals surface area contributed by atoms with Gasteiger partial charge in [-0.05, 0) is 56.4 Å². The molecule has 0 unspecified atom stereocenters. The number of carbonyl (C=O) groups excluding carboxylic acids is 3. The van der Waals surface area contributed by atoms with Crippen molar-refractivity contribution in [1.29, 1.82) is 5.26 Å². The molecule has 0 aliphatic heterocycles. The maximum atomic E-state index is 13.1. The Bertz CT molecular complexity index is 1330. The van der Waals surface area contributed by atoms with Gasteiger partial charge in [-0.15, -0.1) is 0 Å². The van der Waals surface area contributed by atoms with E-state index in [2.05, 4.69) is 11.1 Å². The van der Waals surface area contributed by atoms with Gasteiger partial charge in [-0.1, -0.05) is 24.3 Å². The van der Waals surface area contributed by atoms with Crippen molar-refractivity contribution in [3.63, 3.8) is 0 Å². The summed E-state index contributed by atoms with van der Waals surface area (Å²) in [7, 11) is 1.78. The first-order valence-corrected chi connectivity index (χ1v) is 12.2. The highest BCUT2D eigenvalue weighted by molar-refractivity contribution is 5.96. The predicted octanol–water partition coefficient (Wildman–Crippen LogP) is 4.65. The molecule has 1 aromatic heterocycles. The van der Waals surface area contributed by atoms with E-state index >= 15 is 0 Å². The van der Waals surface area contributed by atoms with Crippen LogP contribution in [0.25, 0.3) is 11.3 Å². The van der Waals surface area contributed by atoms with Gasteiger partial charge in [0.05, 0.1) is 17.4 Å². The molecule has 1 atom stereocenters. The number of hydrogen-bond acceptors (Lipinski definition) is 6. The Hall–Kier alpha value is -4.25. The van der Waals surface area contributed by atoms with Gasteiger partial charge in [0.1, 0.15) is 11.8 Å². The average Bonchev–Trinajstić information content (AvgIpc) is 3.24. The average molecular weight is 501 g/mol. The summed E-state index contributed by atoms with van der Waals surface area (Å²) in [6.07, 6.45) is 3.18. The van der Waals surface area contributed by atoms with Crippen LogP contribution in [0.15, 0.2) is 48.7 Å². The maximum Gasteiger partial charge on any atom is 0.217 e. The third-order valence-electron chi connectivity index (χ3n) is 6.02. The molecule has 8 nitrogen and oxygen atoms in total. The molecule has 2 aromatic carbocycles. The predicted molar refractivity (Wildman–Crippen MR) is 140 cm³/mol. The van der Waals surface area contributed by atoms with Crippen molar-refractivity contribution in [2.45, 2.75) is 52.6 Å². The van der Waals surface area contributed by atoms with Crippen LogP contribution in [-0.2, 0) is 18.3 Å². The fourth-order valence-electron chi connectivity index (χ4n) is 4.23. The molecule has 0 bridgehead atoms. The zero-order valence-corrected chi connectivity index (χ0v) is 21.7. The summed E-state index contributed by atoms with van der Waals surface area (Å²) in [4.78, 5) is 40.7. The molecular weight excluding hydrogens is 468 g/mol. The Morgan fingerprint density at radius 2 is 1.84 bits per heavy atom. The first kappa shape index (κ1) is 27.3. The van der Waals surface area contributed by atoms with Crippen LogP contribution in [0.3, 0.4) is 0 Å². The van der Waals surface area contributed by atoms with Crippen molar-refractivity contribution in [3.05, 3.63) is 71.2 Å². The van der Waals surface area contributed by atoms with Gasteiger partial charge >= 0.3 is 0 Å². The molecule has 0 fully saturated rings. The first-order valence-electron chi connectivity index (χ1n) is 12.2. The number of nitrogens with two attached hydrogens (primary N) is 1. The van der Waals surface area contributed by atoms with E-state index in [9.17, 15) is 19.6 Å². The normalized spacial score (nSPS) is 11.7. The number of ketones is 2. The number of primary amides is 1. The molecular formula is C29H32N4O4. The van der Waals surface area contributed by atoms with E-state index in [1.807, 2.05) is 44.3 Å². The van der Waals surface area contributed by atoms with Crippen LogP contribution in [-0.4, -0.2) is 33.1 Å². The van der Waals surface area contributed by atoms with Gasteiger partial charge in [-0.3, -0.25) is 14.4 Å². The number of nitrogens with zero attached hydrogens (tertiary/aromatic N) is 3. The molecule has 0 spiro atoms. The van der Waals surface area contributed by atoms with E-state index in [-0.39, 0.29) is 36.4 Å². The van der Waals surface area contributed by atoms with Crippen LogP contribution in [0.2, 0.25) is 0 Å². The monoisotopic (exact) mass is 500 g/mol. The van der Waals surface area contributed by atoms with Gasteiger partial charge in [0.25, 0.3) is 0 Å². The van der Waals surface area contributed by atoms with Gasteiger partial charge in [0, 0.05) is 44.1 Å². The Labute approximate surface area is 217 Å². The molecule has 37 heavy (non-hydrogen) atoms. The second-order valence-electron chi connectivity index (χ2n) is 9.51. The number of aryl methyl sites for hydroxylation is 1. The first-order chi connectivity index (χ1) is 17.6. The van der Waals surface area contributed by atoms with Crippen LogP contribution in [0.1, 0.15) is 72.1 Å². The molecule has 0 radical (unpaired) electrons. The van der Waals surface area contributed by atoms with E-state index in [0.717, 1.165) is 11.1 Å². The lowest BCUT2D eigenvalue weighted by Gasteiger charge is -2.17. The number of rotatable bonds is 12. The molecule has 0 aliphatic rings. The van der Waals surface area contributed by atoms with Crippen molar-refractivity contribution < 1.29 is 19.1 Å². The summed E-state index contributed by atoms with van der Waals surface area (Å²) in [5, 5.41) is 9.49. The number of nitriles is 1. The van der Waals surface area contributed by atoms with Crippen LogP contribution < -0.4 is 10.5 Å². The number of aromatic nitrogens is 2. The Morgan fingerprint density at radius 1 is 1.14 bits per heavy atom. The largest absolute Gasteiger partial charge is 0.490 e. The van der Waals surface area contributed by atoms with Crippen molar-refractivity contribution in [1.82, 2.24) is 9.55 Å². The SMILES string of the molecule is CC(=O)c1nc(-c2ccc(C[C@@H](CCC(N)=O)CC(=O)c3ccc(OC(C)C)c(C#N)c3)cc2)cn1C. The van der Waals surface area contributed by atoms with E-state index in [1.165, 1.54) is 6.92 Å². The van der Waals surface area contributed by atoms with Crippen molar-refractivity contribution in [2.24, 2.45) is 18.7 Å². The van der Waals surface area contributed by atoms with Crippen LogP contribution in [0.5, 0.6) is 5.75 Å². The topological polar surface area (TPSA) is 128 Å². The summed E-state index contributed by atoms with van der Waals surface area (Å²) >= 11 is 0. The van der Waals surface area contributed by atoms with Crippen LogP contribution >= 0.6 is 0 Å². The number of imidazole rings is 1. The molecule has 1 amide bonds. The quantitative estimate of drug-likeness (QED) is 0.361. The van der Waals surface area contributed by atoms with E-state index in [0.29, 0.717) is 41.2 Å². The van der Waals surface area contributed by atoms with Gasteiger partial charge in [-0.25, -0.2) is 4.98 Å². The number of benzene rings is 2. The highest BCUT2D eigenvalue weighted by Crippen LogP contribution is 2.26. The standard InChI is InChI=1S/C29H32N4O4/c1-18(2)37-27-11-10-23(15-24(27)16-30)26(35)14-21(7-12-28(31)36)13-20-5-8-22(9-6-20)25-17-33(4)29(32-25)19(3)34/h5-6,8-11,15,17-18,21H,7,12-14H2,1-4H3,(H2,31,36)/t21-/m1/s1. The number of amides is 1. The fraction of sp³-hybridized carbons (Fsp3) is 0.345. The van der Waals surface area contributed by atoms with Crippen molar-refractivity contribution in [3.8, 4) is 23.1 Å². The molecule has 0 saturated heterocycles. The summed E-state index contributed by atoms with van der Waals surface area (Å²) in [5.74, 6) is 0.115. The van der Waals surface area contributed by atoms with E-state index in [1.54, 1.807) is 29.8 Å². The number of Topliss-reactive ketones (excluding diaryl/α,β-unsaturated/α-hetero) is 2. The highest BCUT2D eigenvalue weighted by atomic mass is 16.5. The van der Waals surface area contributed by atoms with E-state index < -0.39 is 5.91 Å². The molecule has 1 heterocycles. The second-order valence-corrected chi connectivity index (χ2v) is 9.51. The molecule has 0 aliphatic carbocycles. The zero-order valence-electron chi connectivity index (χ0n) is 21.7. The Kier molecular flexibility index (Phi) is 8.96. The smallest absolute Gasteiger partial charge is 0.217 e. The number of hydrogen-bond donors (Lipinski definition) is 1. The lowest BCUT2D eigenvalue weighted by atomic mass is 9.88. The zero-order chi connectivity index (χ0) is 27.1. The molecule has 3 rings (SSSR count). The second kappa shape index (κ2) is 12.1. The summed E-state index contributed by atoms with van der Waals surface area (Å²) in [6, 6.07) is 14.8. The number of ether oxygens (including phenoxy) is 1. The highest BCUT2D eigenvalue weighted by Gasteiger charge is 2.19. The van der Waals surface area contributed by atoms with Crippen LogP contribution in [0, 0.1) is 17.2 Å². The van der Waals surface area contributed by atoms with Gasteiger partial charge in [-0.2, -0.15) is 5.26 Å². The summed E-state index contributed by atoms with van der Waals surface area (Å²) in [6.45, 7) is 5.23. The number of carbonyl (C=O) groups is 3. The minimum absolute atomic E-state index is 0.0907. The third-order valence-corrected chi connectivity index (χ3v) is 6.02. The molecule has 0 saturated carbocycles. The van der Waals surface area contributed by atoms with Gasteiger partial charge in [0.2, 0.25) is 5.91 Å². The summed E-state index contributed by atoms with van der Waals surface area (Å²) < 4.78 is 7.35. The van der Waals surface area contributed by atoms with Gasteiger partial charge in [0.15, 0.2) is 17.4 Å². The maximum absolute atomic E-state index is 13.1. The van der Waals surface area contributed by atoms with Crippen molar-refractivity contribution >= 4 is 17.5 Å². The Morgan fingerprint density at radius 3 is 2.41 bits per heavy atom. The lowest BCUT2D eigenvalue weighted by Crippen LogP contribution is -2.17. The van der Waals surface area contributed by atoms with E-state index in [4.69, 9.17) is 10.5 Å². The van der Waals surface area contributed by atoms with Gasteiger partial charge < -0.3 is 15.0 Å². The van der Waals surface area contributed by atoms with Crippen LogP contribution in [0.4, 0.5) is 0 Å². The molecule has 3 aromatic rings. The third kappa shape index (κ3) is 7.37.